The Labute approximate surface area is 497 Å². The molecule has 0 aromatic heterocycles. The van der Waals surface area contributed by atoms with E-state index in [0.29, 0.717) is 19.3 Å². The summed E-state index contributed by atoms with van der Waals surface area (Å²) in [6, 6.07) is 0. The van der Waals surface area contributed by atoms with Crippen molar-refractivity contribution in [1.82, 2.24) is 0 Å². The Morgan fingerprint density at radius 3 is 0.762 bits per heavy atom. The van der Waals surface area contributed by atoms with Crippen molar-refractivity contribution in [3.05, 3.63) is 72.9 Å². The van der Waals surface area contributed by atoms with Crippen molar-refractivity contribution in [2.24, 2.45) is 0 Å². The molecule has 0 saturated heterocycles. The van der Waals surface area contributed by atoms with Crippen LogP contribution in [0, 0.1) is 0 Å². The molecule has 1 atom stereocenters. The lowest BCUT2D eigenvalue weighted by atomic mass is 10.0. The molecule has 0 bridgehead atoms. The number of unbranched alkanes of at least 4 members (excludes halogenated alkanes) is 41. The van der Waals surface area contributed by atoms with Crippen LogP contribution in [-0.2, 0) is 28.6 Å². The SMILES string of the molecule is CC/C=C\C/C=C\C/C=C\C/C=C\CCCCCCCCCCC(=O)OC(COC(=O)CCCCCCCCCC)COC(=O)CCCCCCCCCCCCCCCCCCCCCCC/C=C\C/C=C\CCCCCCC. The summed E-state index contributed by atoms with van der Waals surface area (Å²) in [5.74, 6) is -0.869. The van der Waals surface area contributed by atoms with Gasteiger partial charge in [-0.05, 0) is 89.9 Å². The third-order valence-electron chi connectivity index (χ3n) is 15.4. The maximum atomic E-state index is 12.9. The van der Waals surface area contributed by atoms with E-state index < -0.39 is 6.10 Å². The highest BCUT2D eigenvalue weighted by Crippen LogP contribution is 2.18. The van der Waals surface area contributed by atoms with Gasteiger partial charge in [0.2, 0.25) is 0 Å². The third-order valence-corrected chi connectivity index (χ3v) is 15.4. The second kappa shape index (κ2) is 68.3. The summed E-state index contributed by atoms with van der Waals surface area (Å²) >= 11 is 0. The molecule has 6 nitrogen and oxygen atoms in total. The van der Waals surface area contributed by atoms with Gasteiger partial charge >= 0.3 is 17.9 Å². The van der Waals surface area contributed by atoms with Crippen LogP contribution in [0.4, 0.5) is 0 Å². The maximum absolute atomic E-state index is 12.9. The first-order valence-corrected chi connectivity index (χ1v) is 34.9. The summed E-state index contributed by atoms with van der Waals surface area (Å²) in [7, 11) is 0. The Hall–Kier alpha value is -3.15. The van der Waals surface area contributed by atoms with Gasteiger partial charge < -0.3 is 14.2 Å². The number of esters is 3. The first kappa shape index (κ1) is 76.9. The zero-order valence-corrected chi connectivity index (χ0v) is 53.3. The van der Waals surface area contributed by atoms with E-state index in [1.807, 2.05) is 0 Å². The molecule has 0 rings (SSSR count). The summed E-state index contributed by atoms with van der Waals surface area (Å²) in [5.41, 5.74) is 0. The lowest BCUT2D eigenvalue weighted by Crippen LogP contribution is -2.30. The van der Waals surface area contributed by atoms with Crippen LogP contribution < -0.4 is 0 Å². The molecule has 0 aromatic carbocycles. The monoisotopic (exact) mass is 1120 g/mol. The highest BCUT2D eigenvalue weighted by atomic mass is 16.6. The van der Waals surface area contributed by atoms with E-state index in [0.717, 1.165) is 96.3 Å². The van der Waals surface area contributed by atoms with Gasteiger partial charge in [0.25, 0.3) is 0 Å². The van der Waals surface area contributed by atoms with Gasteiger partial charge in [-0.2, -0.15) is 0 Å². The van der Waals surface area contributed by atoms with Gasteiger partial charge in [-0.15, -0.1) is 0 Å². The Morgan fingerprint density at radius 2 is 0.487 bits per heavy atom. The molecule has 0 aliphatic rings. The van der Waals surface area contributed by atoms with Crippen LogP contribution in [0.1, 0.15) is 361 Å². The van der Waals surface area contributed by atoms with E-state index in [1.54, 1.807) is 0 Å². The Kier molecular flexibility index (Phi) is 65.7. The highest BCUT2D eigenvalue weighted by Gasteiger charge is 2.19. The van der Waals surface area contributed by atoms with E-state index >= 15 is 0 Å². The molecule has 0 saturated carbocycles. The fourth-order valence-corrected chi connectivity index (χ4v) is 10.2. The average Bonchev–Trinajstić information content (AvgIpc) is 3.46. The number of hydrogen-bond acceptors (Lipinski definition) is 6. The summed E-state index contributed by atoms with van der Waals surface area (Å²) in [6.45, 7) is 6.53. The standard InChI is InChI=1S/C74H132O6/c1-4-7-10-13-16-19-21-23-25-27-29-31-32-33-34-35-36-37-38-39-40-41-42-44-45-47-49-51-53-55-58-61-64-67-73(76)79-70-71(69-78-72(75)66-63-60-57-18-15-12-9-6-3)80-74(77)68-65-62-59-56-54-52-50-48-46-43-30-28-26-24-22-20-17-14-11-8-5-2/h8,11,17,20-21,23-24,26-27,29-30,43,71H,4-7,9-10,12-16,18-19,22,25,28,31-42,44-70H2,1-3H3/b11-8-,20-17-,23-21-,26-24-,29-27-,43-30-. The Morgan fingerprint density at radius 1 is 0.263 bits per heavy atom. The zero-order valence-electron chi connectivity index (χ0n) is 53.3. The zero-order chi connectivity index (χ0) is 57.8. The van der Waals surface area contributed by atoms with Crippen molar-refractivity contribution in [2.45, 2.75) is 367 Å². The van der Waals surface area contributed by atoms with Gasteiger partial charge in [0.05, 0.1) is 0 Å². The van der Waals surface area contributed by atoms with Crippen LogP contribution in [0.25, 0.3) is 0 Å². The molecule has 0 radical (unpaired) electrons. The normalized spacial score (nSPS) is 12.5. The number of rotatable bonds is 64. The van der Waals surface area contributed by atoms with E-state index in [9.17, 15) is 14.4 Å². The Balaban J connectivity index is 4.04. The summed E-state index contributed by atoms with van der Waals surface area (Å²) in [4.78, 5) is 38.2. The van der Waals surface area contributed by atoms with Gasteiger partial charge in [0, 0.05) is 19.3 Å². The lowest BCUT2D eigenvalue weighted by Gasteiger charge is -2.18. The minimum atomic E-state index is -0.777. The van der Waals surface area contributed by atoms with Crippen LogP contribution >= 0.6 is 0 Å². The van der Waals surface area contributed by atoms with Crippen molar-refractivity contribution in [1.29, 1.82) is 0 Å². The quantitative estimate of drug-likeness (QED) is 0.0261. The number of ether oxygens (including phenoxy) is 3. The van der Waals surface area contributed by atoms with E-state index in [1.165, 1.54) is 225 Å². The molecule has 464 valence electrons. The van der Waals surface area contributed by atoms with Crippen molar-refractivity contribution in [2.75, 3.05) is 13.2 Å². The number of carbonyl (C=O) groups excluding carboxylic acids is 3. The van der Waals surface area contributed by atoms with E-state index in [2.05, 4.69) is 93.7 Å². The lowest BCUT2D eigenvalue weighted by molar-refractivity contribution is -0.167. The van der Waals surface area contributed by atoms with Crippen LogP contribution in [0.5, 0.6) is 0 Å². The molecular formula is C74H132O6. The van der Waals surface area contributed by atoms with Gasteiger partial charge in [-0.3, -0.25) is 14.4 Å². The van der Waals surface area contributed by atoms with Crippen LogP contribution in [0.3, 0.4) is 0 Å². The smallest absolute Gasteiger partial charge is 0.306 e. The summed E-state index contributed by atoms with van der Waals surface area (Å²) < 4.78 is 16.9. The van der Waals surface area contributed by atoms with Gasteiger partial charge in [0.1, 0.15) is 13.2 Å². The fraction of sp³-hybridized carbons (Fsp3) is 0.797. The molecule has 0 aliphatic heterocycles. The largest absolute Gasteiger partial charge is 0.462 e. The van der Waals surface area contributed by atoms with Crippen molar-refractivity contribution in [3.63, 3.8) is 0 Å². The molecule has 0 fully saturated rings. The molecule has 1 unspecified atom stereocenters. The molecule has 0 amide bonds. The van der Waals surface area contributed by atoms with Gasteiger partial charge in [-0.25, -0.2) is 0 Å². The fourth-order valence-electron chi connectivity index (χ4n) is 10.2. The second-order valence-corrected chi connectivity index (χ2v) is 23.4. The number of allylic oxidation sites excluding steroid dienone is 12. The van der Waals surface area contributed by atoms with Crippen LogP contribution in [-0.4, -0.2) is 37.2 Å². The summed E-state index contributed by atoms with van der Waals surface area (Å²) in [6.07, 6.45) is 89.6. The van der Waals surface area contributed by atoms with Gasteiger partial charge in [0.15, 0.2) is 6.10 Å². The van der Waals surface area contributed by atoms with Crippen LogP contribution in [0.2, 0.25) is 0 Å². The number of carbonyl (C=O) groups is 3. The third kappa shape index (κ3) is 65.7. The molecule has 6 heteroatoms. The molecule has 80 heavy (non-hydrogen) atoms. The van der Waals surface area contributed by atoms with Crippen LogP contribution in [0.15, 0.2) is 72.9 Å². The molecule has 0 spiro atoms. The van der Waals surface area contributed by atoms with E-state index in [4.69, 9.17) is 14.2 Å². The Bertz CT molecular complexity index is 1470. The predicted molar refractivity (Wildman–Crippen MR) is 348 cm³/mol. The minimum Gasteiger partial charge on any atom is -0.462 e. The first-order chi connectivity index (χ1) is 39.5. The average molecular weight is 1120 g/mol. The number of hydrogen-bond donors (Lipinski definition) is 0. The molecule has 0 aromatic rings. The summed E-state index contributed by atoms with van der Waals surface area (Å²) in [5, 5.41) is 0. The van der Waals surface area contributed by atoms with Gasteiger partial charge in [-0.1, -0.05) is 325 Å². The molecule has 0 heterocycles. The molecule has 0 N–H and O–H groups in total. The topological polar surface area (TPSA) is 78.9 Å². The first-order valence-electron chi connectivity index (χ1n) is 34.9. The second-order valence-electron chi connectivity index (χ2n) is 23.4. The highest BCUT2D eigenvalue weighted by molar-refractivity contribution is 5.71. The minimum absolute atomic E-state index is 0.0743. The maximum Gasteiger partial charge on any atom is 0.306 e. The molecule has 0 aliphatic carbocycles. The molecular weight excluding hydrogens is 985 g/mol. The van der Waals surface area contributed by atoms with Crippen molar-refractivity contribution in [3.8, 4) is 0 Å². The van der Waals surface area contributed by atoms with E-state index in [-0.39, 0.29) is 31.1 Å². The van der Waals surface area contributed by atoms with Crippen molar-refractivity contribution >= 4 is 17.9 Å². The van der Waals surface area contributed by atoms with Crippen molar-refractivity contribution < 1.29 is 28.6 Å². The predicted octanol–water partition coefficient (Wildman–Crippen LogP) is 24.1.